The largest absolute Gasteiger partial charge is 0.416 e. The Morgan fingerprint density at radius 1 is 1.22 bits per heavy atom. The summed E-state index contributed by atoms with van der Waals surface area (Å²) in [6, 6.07) is 4.92. The Balaban J connectivity index is 2.30. The number of aromatic nitrogens is 3. The Morgan fingerprint density at radius 2 is 1.91 bits per heavy atom. The molecule has 0 atom stereocenters. The third-order valence-corrected chi connectivity index (χ3v) is 4.05. The standard InChI is InChI=1S/C14H8F3N3O2S/c1-7-11(21)18-13-20(19-7)12(22)10(23-13)6-8-4-2-3-5-9(8)14(15,16)17/h2-6H,1H3/b10-6+. The Morgan fingerprint density at radius 3 is 2.61 bits per heavy atom. The summed E-state index contributed by atoms with van der Waals surface area (Å²) in [6.07, 6.45) is -3.40. The van der Waals surface area contributed by atoms with Gasteiger partial charge in [-0.2, -0.15) is 27.8 Å². The number of thiazole rings is 1. The molecule has 0 bridgehead atoms. The van der Waals surface area contributed by atoms with Crippen molar-refractivity contribution in [2.75, 3.05) is 0 Å². The first kappa shape index (κ1) is 15.3. The molecule has 2 heterocycles. The van der Waals surface area contributed by atoms with E-state index in [1.54, 1.807) is 0 Å². The molecule has 0 saturated heterocycles. The molecule has 1 aromatic carbocycles. The molecule has 2 aromatic heterocycles. The molecule has 3 rings (SSSR count). The Kier molecular flexibility index (Phi) is 3.52. The van der Waals surface area contributed by atoms with Crippen LogP contribution in [-0.2, 0) is 6.18 Å². The van der Waals surface area contributed by atoms with Crippen LogP contribution in [0.5, 0.6) is 0 Å². The van der Waals surface area contributed by atoms with E-state index in [1.165, 1.54) is 25.1 Å². The third-order valence-electron chi connectivity index (χ3n) is 3.10. The molecule has 0 radical (unpaired) electrons. The highest BCUT2D eigenvalue weighted by Gasteiger charge is 2.32. The number of hydrogen-bond acceptors (Lipinski definition) is 5. The quantitative estimate of drug-likeness (QED) is 0.672. The SMILES string of the molecule is Cc1nn2c(=O)/c(=C\c3ccccc3C(F)(F)F)sc2nc1=O. The van der Waals surface area contributed by atoms with Gasteiger partial charge in [-0.3, -0.25) is 9.59 Å². The molecule has 0 unspecified atom stereocenters. The van der Waals surface area contributed by atoms with E-state index in [0.717, 1.165) is 28.0 Å². The van der Waals surface area contributed by atoms with Crippen LogP contribution in [0.3, 0.4) is 0 Å². The van der Waals surface area contributed by atoms with Crippen LogP contribution in [-0.4, -0.2) is 14.6 Å². The number of nitrogens with zero attached hydrogens (tertiary/aromatic N) is 3. The fourth-order valence-electron chi connectivity index (χ4n) is 2.01. The van der Waals surface area contributed by atoms with Crippen molar-refractivity contribution < 1.29 is 13.2 Å². The van der Waals surface area contributed by atoms with Gasteiger partial charge in [0.2, 0.25) is 4.96 Å². The highest BCUT2D eigenvalue weighted by atomic mass is 32.1. The molecule has 3 aromatic rings. The molecule has 0 fully saturated rings. The summed E-state index contributed by atoms with van der Waals surface area (Å²) >= 11 is 0.815. The van der Waals surface area contributed by atoms with Crippen molar-refractivity contribution in [3.05, 3.63) is 66.3 Å². The summed E-state index contributed by atoms with van der Waals surface area (Å²) in [5.41, 5.74) is -2.13. The summed E-state index contributed by atoms with van der Waals surface area (Å²) in [5.74, 6) is 0. The van der Waals surface area contributed by atoms with Gasteiger partial charge in [0, 0.05) is 0 Å². The van der Waals surface area contributed by atoms with E-state index in [-0.39, 0.29) is 20.8 Å². The minimum atomic E-state index is -4.53. The molecular formula is C14H8F3N3O2S. The number of aryl methyl sites for hydroxylation is 1. The van der Waals surface area contributed by atoms with E-state index in [2.05, 4.69) is 10.1 Å². The maximum Gasteiger partial charge on any atom is 0.416 e. The van der Waals surface area contributed by atoms with E-state index < -0.39 is 22.9 Å². The normalized spacial score (nSPS) is 13.0. The molecule has 0 aliphatic carbocycles. The van der Waals surface area contributed by atoms with Crippen LogP contribution in [0.2, 0.25) is 0 Å². The Bertz CT molecular complexity index is 1070. The summed E-state index contributed by atoms with van der Waals surface area (Å²) < 4.78 is 39.9. The monoisotopic (exact) mass is 339 g/mol. The molecule has 23 heavy (non-hydrogen) atoms. The summed E-state index contributed by atoms with van der Waals surface area (Å²) in [4.78, 5) is 27.4. The second kappa shape index (κ2) is 5.27. The molecule has 0 N–H and O–H groups in total. The van der Waals surface area contributed by atoms with Crippen LogP contribution in [0, 0.1) is 6.92 Å². The van der Waals surface area contributed by atoms with E-state index in [9.17, 15) is 22.8 Å². The Hall–Kier alpha value is -2.55. The summed E-state index contributed by atoms with van der Waals surface area (Å²) in [7, 11) is 0. The minimum absolute atomic E-state index is 0.0201. The molecule has 0 spiro atoms. The van der Waals surface area contributed by atoms with Crippen molar-refractivity contribution in [1.29, 1.82) is 0 Å². The van der Waals surface area contributed by atoms with Gasteiger partial charge in [-0.25, -0.2) is 0 Å². The van der Waals surface area contributed by atoms with Crippen LogP contribution < -0.4 is 15.7 Å². The van der Waals surface area contributed by atoms with Crippen molar-refractivity contribution in [2.45, 2.75) is 13.1 Å². The number of hydrogen-bond donors (Lipinski definition) is 0. The molecule has 0 aliphatic rings. The fraction of sp³-hybridized carbons (Fsp3) is 0.143. The second-order valence-electron chi connectivity index (χ2n) is 4.70. The number of benzene rings is 1. The third kappa shape index (κ3) is 2.74. The van der Waals surface area contributed by atoms with E-state index in [1.807, 2.05) is 0 Å². The molecule has 0 saturated carbocycles. The van der Waals surface area contributed by atoms with Gasteiger partial charge in [-0.1, -0.05) is 29.5 Å². The zero-order valence-corrected chi connectivity index (χ0v) is 12.4. The molecule has 118 valence electrons. The molecular weight excluding hydrogens is 331 g/mol. The molecule has 0 aliphatic heterocycles. The van der Waals surface area contributed by atoms with Crippen LogP contribution >= 0.6 is 11.3 Å². The maximum atomic E-state index is 13.0. The molecule has 0 amide bonds. The van der Waals surface area contributed by atoms with Gasteiger partial charge >= 0.3 is 6.18 Å². The van der Waals surface area contributed by atoms with Crippen LogP contribution in [0.1, 0.15) is 16.8 Å². The smallest absolute Gasteiger partial charge is 0.266 e. The highest BCUT2D eigenvalue weighted by Crippen LogP contribution is 2.32. The second-order valence-corrected chi connectivity index (χ2v) is 5.71. The first-order valence-electron chi connectivity index (χ1n) is 6.36. The van der Waals surface area contributed by atoms with Gasteiger partial charge in [0.1, 0.15) is 5.69 Å². The topological polar surface area (TPSA) is 64.3 Å². The first-order valence-corrected chi connectivity index (χ1v) is 7.17. The van der Waals surface area contributed by atoms with Crippen molar-refractivity contribution in [1.82, 2.24) is 14.6 Å². The number of alkyl halides is 3. The summed E-state index contributed by atoms with van der Waals surface area (Å²) in [5, 5.41) is 3.81. The predicted molar refractivity (Wildman–Crippen MR) is 78.4 cm³/mol. The van der Waals surface area contributed by atoms with Gasteiger partial charge in [0.15, 0.2) is 0 Å². The van der Waals surface area contributed by atoms with Crippen LogP contribution in [0.25, 0.3) is 11.0 Å². The van der Waals surface area contributed by atoms with E-state index in [0.29, 0.717) is 0 Å². The van der Waals surface area contributed by atoms with Gasteiger partial charge in [-0.05, 0) is 24.6 Å². The van der Waals surface area contributed by atoms with Gasteiger partial charge in [0.25, 0.3) is 11.1 Å². The average molecular weight is 339 g/mol. The lowest BCUT2D eigenvalue weighted by Crippen LogP contribution is -2.27. The predicted octanol–water partition coefficient (Wildman–Crippen LogP) is 1.39. The highest BCUT2D eigenvalue weighted by molar-refractivity contribution is 7.15. The van der Waals surface area contributed by atoms with Crippen molar-refractivity contribution in [3.63, 3.8) is 0 Å². The van der Waals surface area contributed by atoms with Crippen molar-refractivity contribution in [2.24, 2.45) is 0 Å². The lowest BCUT2D eigenvalue weighted by Gasteiger charge is -2.09. The summed E-state index contributed by atoms with van der Waals surface area (Å²) in [6.45, 7) is 1.40. The lowest BCUT2D eigenvalue weighted by atomic mass is 10.1. The molecule has 5 nitrogen and oxygen atoms in total. The van der Waals surface area contributed by atoms with Gasteiger partial charge < -0.3 is 0 Å². The number of halogens is 3. The average Bonchev–Trinajstić information content (AvgIpc) is 2.76. The zero-order chi connectivity index (χ0) is 16.8. The van der Waals surface area contributed by atoms with Crippen LogP contribution in [0.4, 0.5) is 13.2 Å². The van der Waals surface area contributed by atoms with Crippen molar-refractivity contribution >= 4 is 22.4 Å². The van der Waals surface area contributed by atoms with Gasteiger partial charge in [0.05, 0.1) is 10.1 Å². The van der Waals surface area contributed by atoms with Crippen molar-refractivity contribution in [3.8, 4) is 0 Å². The number of rotatable bonds is 1. The molecule has 9 heteroatoms. The minimum Gasteiger partial charge on any atom is -0.266 e. The van der Waals surface area contributed by atoms with Gasteiger partial charge in [-0.15, -0.1) is 0 Å². The fourth-order valence-corrected chi connectivity index (χ4v) is 2.90. The Labute approximate surface area is 130 Å². The number of fused-ring (bicyclic) bond motifs is 1. The van der Waals surface area contributed by atoms with E-state index >= 15 is 0 Å². The lowest BCUT2D eigenvalue weighted by molar-refractivity contribution is -0.137. The maximum absolute atomic E-state index is 13.0. The first-order chi connectivity index (χ1) is 10.8. The zero-order valence-electron chi connectivity index (χ0n) is 11.6. The van der Waals surface area contributed by atoms with E-state index in [4.69, 9.17) is 0 Å². The van der Waals surface area contributed by atoms with Crippen LogP contribution in [0.15, 0.2) is 33.9 Å².